The van der Waals surface area contributed by atoms with Gasteiger partial charge in [0.15, 0.2) is 0 Å². The molecule has 0 saturated carbocycles. The van der Waals surface area contributed by atoms with E-state index >= 15 is 0 Å². The number of ether oxygens (including phenoxy) is 2. The van der Waals surface area contributed by atoms with Crippen molar-refractivity contribution in [1.82, 2.24) is 14.1 Å². The molecule has 0 spiro atoms. The van der Waals surface area contributed by atoms with Crippen molar-refractivity contribution in [2.45, 2.75) is 13.1 Å². The lowest BCUT2D eigenvalue weighted by atomic mass is 10.2. The van der Waals surface area contributed by atoms with Gasteiger partial charge in [-0.3, -0.25) is 14.2 Å². The predicted molar refractivity (Wildman–Crippen MR) is 135 cm³/mol. The molecule has 36 heavy (non-hydrogen) atoms. The third-order valence-electron chi connectivity index (χ3n) is 5.96. The number of anilines is 1. The molecule has 2 heterocycles. The molecule has 0 radical (unpaired) electrons. The van der Waals surface area contributed by atoms with Crippen LogP contribution in [0.25, 0.3) is 21.9 Å². The molecule has 2 aromatic heterocycles. The predicted octanol–water partition coefficient (Wildman–Crippen LogP) is 4.19. The van der Waals surface area contributed by atoms with E-state index < -0.39 is 5.82 Å². The fraction of sp³-hybridized carbons (Fsp3) is 0.148. The third kappa shape index (κ3) is 4.38. The number of aromatic nitrogens is 3. The minimum Gasteiger partial charge on any atom is -0.497 e. The molecule has 0 aliphatic carbocycles. The Morgan fingerprint density at radius 2 is 1.78 bits per heavy atom. The van der Waals surface area contributed by atoms with Crippen molar-refractivity contribution >= 4 is 33.5 Å². The van der Waals surface area contributed by atoms with Crippen LogP contribution >= 0.6 is 0 Å². The highest BCUT2D eigenvalue weighted by atomic mass is 19.1. The number of hydrogen-bond acceptors (Lipinski definition) is 5. The Bertz CT molecular complexity index is 1640. The second-order valence-electron chi connectivity index (χ2n) is 8.25. The first-order valence-electron chi connectivity index (χ1n) is 11.2. The number of amides is 1. The summed E-state index contributed by atoms with van der Waals surface area (Å²) in [6.45, 7) is 0.115. The highest BCUT2D eigenvalue weighted by Gasteiger charge is 2.19. The van der Waals surface area contributed by atoms with Crippen LogP contribution in [0.5, 0.6) is 11.5 Å². The monoisotopic (exact) mass is 486 g/mol. The van der Waals surface area contributed by atoms with Crippen LogP contribution in [0.3, 0.4) is 0 Å². The van der Waals surface area contributed by atoms with E-state index in [1.54, 1.807) is 49.1 Å². The molecule has 0 bridgehead atoms. The van der Waals surface area contributed by atoms with Crippen LogP contribution in [0, 0.1) is 5.82 Å². The van der Waals surface area contributed by atoms with E-state index in [1.165, 1.54) is 23.0 Å². The summed E-state index contributed by atoms with van der Waals surface area (Å²) in [4.78, 5) is 31.1. The fourth-order valence-corrected chi connectivity index (χ4v) is 4.22. The quantitative estimate of drug-likeness (QED) is 0.373. The second kappa shape index (κ2) is 9.53. The maximum Gasteiger partial charge on any atom is 0.278 e. The van der Waals surface area contributed by atoms with Gasteiger partial charge < -0.3 is 19.4 Å². The number of benzene rings is 3. The molecule has 0 unspecified atom stereocenters. The molecule has 5 aromatic rings. The van der Waals surface area contributed by atoms with E-state index in [-0.39, 0.29) is 30.1 Å². The van der Waals surface area contributed by atoms with Crippen molar-refractivity contribution in [1.29, 1.82) is 0 Å². The summed E-state index contributed by atoms with van der Waals surface area (Å²) in [5.74, 6) is 0.512. The molecule has 0 saturated heterocycles. The van der Waals surface area contributed by atoms with E-state index in [9.17, 15) is 14.0 Å². The number of halogens is 1. The van der Waals surface area contributed by atoms with Crippen molar-refractivity contribution in [2.24, 2.45) is 0 Å². The number of methoxy groups -OCH3 is 2. The van der Waals surface area contributed by atoms with Crippen LogP contribution in [-0.4, -0.2) is 34.2 Å². The highest BCUT2D eigenvalue weighted by Crippen LogP contribution is 2.27. The third-order valence-corrected chi connectivity index (χ3v) is 5.96. The standard InChI is InChI=1S/C27H23FN4O4/c1-35-20-9-6-17(7-10-20)14-31-16-29-25-22-12-18(28)8-11-23(22)32(26(25)27(31)34)15-24(33)30-19-4-3-5-21(13-19)36-2/h3-13,16H,14-15H2,1-2H3,(H,30,33). The van der Waals surface area contributed by atoms with E-state index in [1.807, 2.05) is 24.3 Å². The summed E-state index contributed by atoms with van der Waals surface area (Å²) < 4.78 is 27.6. The van der Waals surface area contributed by atoms with Crippen LogP contribution in [0.15, 0.2) is 77.9 Å². The smallest absolute Gasteiger partial charge is 0.278 e. The molecular formula is C27H23FN4O4. The normalized spacial score (nSPS) is 11.1. The molecular weight excluding hydrogens is 463 g/mol. The minimum atomic E-state index is -0.452. The van der Waals surface area contributed by atoms with Crippen molar-refractivity contribution in [2.75, 3.05) is 19.5 Å². The zero-order valence-electron chi connectivity index (χ0n) is 19.7. The average Bonchev–Trinajstić information content (AvgIpc) is 3.19. The first kappa shape index (κ1) is 23.1. The van der Waals surface area contributed by atoms with E-state index in [4.69, 9.17) is 9.47 Å². The molecule has 0 aliphatic rings. The summed E-state index contributed by atoms with van der Waals surface area (Å²) in [5, 5.41) is 3.29. The lowest BCUT2D eigenvalue weighted by Gasteiger charge is -2.11. The molecule has 1 N–H and O–H groups in total. The molecule has 8 nitrogen and oxygen atoms in total. The summed E-state index contributed by atoms with van der Waals surface area (Å²) in [7, 11) is 3.13. The van der Waals surface area contributed by atoms with E-state index in [0.29, 0.717) is 33.6 Å². The molecule has 5 rings (SSSR count). The van der Waals surface area contributed by atoms with Crippen molar-refractivity contribution < 1.29 is 18.7 Å². The Hall–Kier alpha value is -4.66. The van der Waals surface area contributed by atoms with Crippen molar-refractivity contribution in [3.63, 3.8) is 0 Å². The van der Waals surface area contributed by atoms with Gasteiger partial charge in [0.05, 0.1) is 32.6 Å². The van der Waals surface area contributed by atoms with Crippen LogP contribution in [0.4, 0.5) is 10.1 Å². The fourth-order valence-electron chi connectivity index (χ4n) is 4.22. The van der Waals surface area contributed by atoms with Gasteiger partial charge in [0, 0.05) is 17.1 Å². The molecule has 0 fully saturated rings. The van der Waals surface area contributed by atoms with Crippen molar-refractivity contribution in [3.8, 4) is 11.5 Å². The zero-order valence-corrected chi connectivity index (χ0v) is 19.7. The minimum absolute atomic E-state index is 0.160. The van der Waals surface area contributed by atoms with Gasteiger partial charge in [0.25, 0.3) is 5.56 Å². The number of rotatable bonds is 7. The van der Waals surface area contributed by atoms with Gasteiger partial charge in [0.2, 0.25) is 5.91 Å². The Balaban J connectivity index is 1.56. The highest BCUT2D eigenvalue weighted by molar-refractivity contribution is 6.06. The van der Waals surface area contributed by atoms with E-state index in [2.05, 4.69) is 10.3 Å². The molecule has 3 aromatic carbocycles. The molecule has 9 heteroatoms. The second-order valence-corrected chi connectivity index (χ2v) is 8.25. The maximum absolute atomic E-state index is 14.1. The first-order chi connectivity index (χ1) is 17.5. The Morgan fingerprint density at radius 1 is 1.00 bits per heavy atom. The van der Waals surface area contributed by atoms with Gasteiger partial charge in [-0.1, -0.05) is 18.2 Å². The summed E-state index contributed by atoms with van der Waals surface area (Å²) in [6.07, 6.45) is 1.44. The van der Waals surface area contributed by atoms with Gasteiger partial charge in [-0.05, 0) is 48.0 Å². The lowest BCUT2D eigenvalue weighted by molar-refractivity contribution is -0.116. The van der Waals surface area contributed by atoms with Gasteiger partial charge >= 0.3 is 0 Å². The number of hydrogen-bond donors (Lipinski definition) is 1. The molecule has 0 atom stereocenters. The average molecular weight is 487 g/mol. The topological polar surface area (TPSA) is 87.4 Å². The van der Waals surface area contributed by atoms with Gasteiger partial charge in [-0.25, -0.2) is 9.37 Å². The number of carbonyl (C=O) groups excluding carboxylic acids is 1. The lowest BCUT2D eigenvalue weighted by Crippen LogP contribution is -2.25. The van der Waals surface area contributed by atoms with E-state index in [0.717, 1.165) is 5.56 Å². The number of nitrogens with zero attached hydrogens (tertiary/aromatic N) is 3. The summed E-state index contributed by atoms with van der Waals surface area (Å²) >= 11 is 0. The maximum atomic E-state index is 14.1. The summed E-state index contributed by atoms with van der Waals surface area (Å²) in [5.41, 5.74) is 2.22. The Kier molecular flexibility index (Phi) is 6.12. The van der Waals surface area contributed by atoms with Gasteiger partial charge in [-0.15, -0.1) is 0 Å². The zero-order chi connectivity index (χ0) is 25.2. The number of fused-ring (bicyclic) bond motifs is 3. The molecule has 0 aliphatic heterocycles. The molecule has 1 amide bonds. The number of carbonyl (C=O) groups is 1. The number of nitrogens with one attached hydrogen (secondary N) is 1. The van der Waals surface area contributed by atoms with Crippen LogP contribution in [0.2, 0.25) is 0 Å². The summed E-state index contributed by atoms with van der Waals surface area (Å²) in [6, 6.07) is 18.5. The largest absolute Gasteiger partial charge is 0.497 e. The van der Waals surface area contributed by atoms with Crippen LogP contribution in [-0.2, 0) is 17.9 Å². The van der Waals surface area contributed by atoms with Crippen LogP contribution < -0.4 is 20.3 Å². The van der Waals surface area contributed by atoms with Gasteiger partial charge in [-0.2, -0.15) is 0 Å². The van der Waals surface area contributed by atoms with Crippen LogP contribution in [0.1, 0.15) is 5.56 Å². The first-order valence-corrected chi connectivity index (χ1v) is 11.2. The van der Waals surface area contributed by atoms with Crippen molar-refractivity contribution in [3.05, 3.63) is 94.8 Å². The Labute approximate surface area is 205 Å². The SMILES string of the molecule is COc1ccc(Cn2cnc3c4cc(F)ccc4n(CC(=O)Nc4cccc(OC)c4)c3c2=O)cc1. The molecule has 182 valence electrons. The van der Waals surface area contributed by atoms with Gasteiger partial charge in [0.1, 0.15) is 34.9 Å². The Morgan fingerprint density at radius 3 is 2.53 bits per heavy atom.